The predicted octanol–water partition coefficient (Wildman–Crippen LogP) is 4.63. The van der Waals surface area contributed by atoms with Crippen LogP contribution in [0.1, 0.15) is 37.8 Å². The number of aromatic nitrogens is 2. The molecule has 1 aliphatic rings. The number of hydrogen-bond acceptors (Lipinski definition) is 6. The van der Waals surface area contributed by atoms with Gasteiger partial charge in [-0.25, -0.2) is 9.98 Å². The van der Waals surface area contributed by atoms with E-state index in [2.05, 4.69) is 40.1 Å². The number of pyridine rings is 2. The van der Waals surface area contributed by atoms with Gasteiger partial charge in [0.05, 0.1) is 36.1 Å². The van der Waals surface area contributed by atoms with Gasteiger partial charge in [-0.15, -0.1) is 0 Å². The highest BCUT2D eigenvalue weighted by molar-refractivity contribution is 5.99. The van der Waals surface area contributed by atoms with Crippen LogP contribution in [0.2, 0.25) is 0 Å². The van der Waals surface area contributed by atoms with Crippen LogP contribution >= 0.6 is 0 Å². The summed E-state index contributed by atoms with van der Waals surface area (Å²) >= 11 is 0. The van der Waals surface area contributed by atoms with Gasteiger partial charge in [-0.3, -0.25) is 14.2 Å². The molecule has 0 saturated carbocycles. The molecule has 1 fully saturated rings. The second-order valence-electron chi connectivity index (χ2n) is 11.0. The predicted molar refractivity (Wildman–Crippen MR) is 187 cm³/mol. The number of ether oxygens (including phenoxy) is 1. The number of nitrogens with zero attached hydrogens (tertiary/aromatic N) is 4. The van der Waals surface area contributed by atoms with E-state index < -0.39 is 0 Å². The summed E-state index contributed by atoms with van der Waals surface area (Å²) in [5.41, 5.74) is 3.59. The van der Waals surface area contributed by atoms with Crippen molar-refractivity contribution in [2.45, 2.75) is 33.1 Å². The van der Waals surface area contributed by atoms with Crippen LogP contribution in [0.3, 0.4) is 0 Å². The first kappa shape index (κ1) is 32.1. The van der Waals surface area contributed by atoms with Crippen LogP contribution in [-0.4, -0.2) is 47.6 Å². The average molecular weight is 617 g/mol. The van der Waals surface area contributed by atoms with E-state index >= 15 is 0 Å². The number of carbonyl (C=O) groups is 1. The number of nitrogens with one attached hydrogen (secondary N) is 2. The lowest BCUT2D eigenvalue weighted by molar-refractivity contribution is -0.111. The first-order chi connectivity index (χ1) is 22.4. The Bertz CT molecular complexity index is 1880. The molecule has 0 spiro atoms. The number of benzene rings is 2. The van der Waals surface area contributed by atoms with Crippen LogP contribution < -0.4 is 31.7 Å². The van der Waals surface area contributed by atoms with E-state index in [1.165, 1.54) is 6.08 Å². The van der Waals surface area contributed by atoms with Crippen molar-refractivity contribution in [2.24, 2.45) is 4.99 Å². The summed E-state index contributed by atoms with van der Waals surface area (Å²) in [4.78, 5) is 37.8. The summed E-state index contributed by atoms with van der Waals surface area (Å²) < 4.78 is 7.17. The number of amides is 1. The molecule has 5 rings (SSSR count). The molecule has 0 unspecified atom stereocenters. The summed E-state index contributed by atoms with van der Waals surface area (Å²) in [7, 11) is 0. The minimum Gasteiger partial charge on any atom is -0.378 e. The molecule has 0 atom stereocenters. The van der Waals surface area contributed by atoms with Crippen LogP contribution in [0.4, 0.5) is 17.2 Å². The lowest BCUT2D eigenvalue weighted by Crippen LogP contribution is -2.44. The van der Waals surface area contributed by atoms with Crippen molar-refractivity contribution in [3.05, 3.63) is 124 Å². The molecule has 4 aromatic rings. The molecule has 0 aliphatic carbocycles. The fourth-order valence-corrected chi connectivity index (χ4v) is 5.26. The van der Waals surface area contributed by atoms with E-state index in [-0.39, 0.29) is 11.5 Å². The molecule has 2 aromatic carbocycles. The molecule has 1 aliphatic heterocycles. The third kappa shape index (κ3) is 8.25. The lowest BCUT2D eigenvalue weighted by Gasteiger charge is -2.27. The first-order valence-corrected chi connectivity index (χ1v) is 15.6. The van der Waals surface area contributed by atoms with Gasteiger partial charge in [0.1, 0.15) is 11.7 Å². The molecular weight excluding hydrogens is 576 g/mol. The SMILES string of the molecule is C=CC(=O)Nc1cccc(-n2c(=O)c(Cc3ccccc3)cc(=C/N=C(C)Nc3ccc(N4CCOCC4)nc3)/c2=C/CCC)c1. The van der Waals surface area contributed by atoms with E-state index in [0.717, 1.165) is 53.6 Å². The molecule has 0 radical (unpaired) electrons. The second kappa shape index (κ2) is 15.6. The zero-order chi connectivity index (χ0) is 32.3. The van der Waals surface area contributed by atoms with Crippen molar-refractivity contribution in [1.29, 1.82) is 0 Å². The van der Waals surface area contributed by atoms with E-state index in [9.17, 15) is 9.59 Å². The number of amidine groups is 1. The maximum absolute atomic E-state index is 14.2. The summed E-state index contributed by atoms with van der Waals surface area (Å²) in [5.74, 6) is 1.28. The number of carbonyl (C=O) groups excluding carboxylic acids is 1. The van der Waals surface area contributed by atoms with Gasteiger partial charge in [0.25, 0.3) is 5.56 Å². The molecule has 3 heterocycles. The summed E-state index contributed by atoms with van der Waals surface area (Å²) in [6.07, 6.45) is 9.04. The molecule has 236 valence electrons. The number of unbranched alkanes of at least 4 members (excludes halogenated alkanes) is 1. The molecule has 9 nitrogen and oxygen atoms in total. The Morgan fingerprint density at radius 3 is 2.54 bits per heavy atom. The number of rotatable bonds is 10. The van der Waals surface area contributed by atoms with Crippen LogP contribution in [0.25, 0.3) is 18.0 Å². The Balaban J connectivity index is 1.57. The quantitative estimate of drug-likeness (QED) is 0.153. The van der Waals surface area contributed by atoms with Gasteiger partial charge in [-0.2, -0.15) is 0 Å². The normalized spacial score (nSPS) is 14.3. The monoisotopic (exact) mass is 616 g/mol. The Labute approximate surface area is 269 Å². The van der Waals surface area contributed by atoms with Crippen LogP contribution in [-0.2, 0) is 16.0 Å². The zero-order valence-electron chi connectivity index (χ0n) is 26.4. The Hall–Kier alpha value is -5.28. The minimum absolute atomic E-state index is 0.124. The smallest absolute Gasteiger partial charge is 0.259 e. The van der Waals surface area contributed by atoms with Crippen molar-refractivity contribution in [3.8, 4) is 5.69 Å². The Kier molecular flexibility index (Phi) is 10.9. The highest BCUT2D eigenvalue weighted by Crippen LogP contribution is 2.16. The maximum Gasteiger partial charge on any atom is 0.259 e. The van der Waals surface area contributed by atoms with Gasteiger partial charge < -0.3 is 20.3 Å². The van der Waals surface area contributed by atoms with Crippen LogP contribution in [0.5, 0.6) is 0 Å². The van der Waals surface area contributed by atoms with Crippen molar-refractivity contribution in [1.82, 2.24) is 9.55 Å². The summed E-state index contributed by atoms with van der Waals surface area (Å²) in [6, 6.07) is 23.1. The second-order valence-corrected chi connectivity index (χ2v) is 11.0. The maximum atomic E-state index is 14.2. The van der Waals surface area contributed by atoms with Gasteiger partial charge in [0, 0.05) is 42.2 Å². The topological polar surface area (TPSA) is 101 Å². The third-order valence-electron chi connectivity index (χ3n) is 7.57. The molecule has 2 N–H and O–H groups in total. The number of morpholine rings is 1. The number of anilines is 3. The fourth-order valence-electron chi connectivity index (χ4n) is 5.26. The van der Waals surface area contributed by atoms with Gasteiger partial charge in [-0.05, 0) is 61.4 Å². The number of aliphatic imine (C=N–C) groups is 1. The highest BCUT2D eigenvalue weighted by Gasteiger charge is 2.13. The standard InChI is InChI=1S/C37H40N6O3/c1-4-6-15-34-30(25-38-27(3)40-32-16-17-35(39-26-32)42-18-20-46-21-19-42)23-29(22-28-11-8-7-9-12-28)37(45)43(34)33-14-10-13-31(24-33)41-36(44)5-2/h5,7-17,23-26H,2,4,6,18-22H2,1,3H3,(H,38,40)(H,41,44)/b30-25-,34-15-. The minimum atomic E-state index is -0.322. The van der Waals surface area contributed by atoms with E-state index in [4.69, 9.17) is 9.73 Å². The first-order valence-electron chi connectivity index (χ1n) is 15.6. The van der Waals surface area contributed by atoms with Crippen molar-refractivity contribution in [3.63, 3.8) is 0 Å². The Morgan fingerprint density at radius 1 is 1.02 bits per heavy atom. The molecule has 9 heteroatoms. The molecule has 1 saturated heterocycles. The van der Waals surface area contributed by atoms with E-state index in [1.54, 1.807) is 29.1 Å². The average Bonchev–Trinajstić information content (AvgIpc) is 3.09. The van der Waals surface area contributed by atoms with Gasteiger partial charge >= 0.3 is 0 Å². The molecule has 46 heavy (non-hydrogen) atoms. The highest BCUT2D eigenvalue weighted by atomic mass is 16.5. The molecular formula is C37H40N6O3. The van der Waals surface area contributed by atoms with E-state index in [1.807, 2.05) is 67.6 Å². The molecule has 1 amide bonds. The van der Waals surface area contributed by atoms with E-state index in [0.29, 0.717) is 42.4 Å². The lowest BCUT2D eigenvalue weighted by atomic mass is 10.0. The van der Waals surface area contributed by atoms with Gasteiger partial charge in [0.2, 0.25) is 5.91 Å². The zero-order valence-corrected chi connectivity index (χ0v) is 26.4. The molecule has 0 bridgehead atoms. The Morgan fingerprint density at radius 2 is 1.83 bits per heavy atom. The van der Waals surface area contributed by atoms with Gasteiger partial charge in [0.15, 0.2) is 0 Å². The fraction of sp³-hybridized carbons (Fsp3) is 0.243. The third-order valence-corrected chi connectivity index (χ3v) is 7.57. The van der Waals surface area contributed by atoms with Gasteiger partial charge in [-0.1, -0.05) is 62.4 Å². The van der Waals surface area contributed by atoms with Crippen molar-refractivity contribution in [2.75, 3.05) is 41.8 Å². The molecule has 2 aromatic heterocycles. The van der Waals surface area contributed by atoms with Crippen molar-refractivity contribution >= 4 is 41.2 Å². The summed E-state index contributed by atoms with van der Waals surface area (Å²) in [5, 5.41) is 7.69. The van der Waals surface area contributed by atoms with Crippen LogP contribution in [0.15, 0.2) is 101 Å². The van der Waals surface area contributed by atoms with Crippen LogP contribution in [0, 0.1) is 0 Å². The van der Waals surface area contributed by atoms with Crippen molar-refractivity contribution < 1.29 is 9.53 Å². The number of hydrogen-bond donors (Lipinski definition) is 2. The largest absolute Gasteiger partial charge is 0.378 e. The summed E-state index contributed by atoms with van der Waals surface area (Å²) in [6.45, 7) is 10.6.